The number of likely N-dealkylation sites (N-methyl/N-ethyl adjacent to an activating group) is 1. The van der Waals surface area contributed by atoms with Crippen LogP contribution in [-0.2, 0) is 32.2 Å². The Bertz CT molecular complexity index is 1580. The van der Waals surface area contributed by atoms with Gasteiger partial charge < -0.3 is 35.0 Å². The number of H-pyrrole nitrogens is 2. The first-order chi connectivity index (χ1) is 21.8. The van der Waals surface area contributed by atoms with Gasteiger partial charge in [0.2, 0.25) is 11.8 Å². The van der Waals surface area contributed by atoms with Crippen LogP contribution in [0.1, 0.15) is 25.0 Å². The first-order valence-electron chi connectivity index (χ1n) is 14.6. The molecule has 0 saturated heterocycles. The number of alkyl carbamates (subject to hydrolysis) is 1. The van der Waals surface area contributed by atoms with Crippen molar-refractivity contribution in [3.8, 4) is 33.6 Å². The lowest BCUT2D eigenvalue weighted by Crippen LogP contribution is -2.40. The van der Waals surface area contributed by atoms with Crippen LogP contribution in [0.2, 0.25) is 0 Å². The van der Waals surface area contributed by atoms with Crippen LogP contribution < -0.4 is 10.6 Å². The fraction of sp³-hybridized carbons (Fsp3) is 0.312. The van der Waals surface area contributed by atoms with Crippen molar-refractivity contribution in [2.45, 2.75) is 26.4 Å². The number of ether oxygens (including phenoxy) is 1. The van der Waals surface area contributed by atoms with Gasteiger partial charge in [0.25, 0.3) is 0 Å². The molecule has 0 fully saturated rings. The molecular formula is C32H38N8O5. The molecule has 13 heteroatoms. The summed E-state index contributed by atoms with van der Waals surface area (Å²) >= 11 is 0. The third kappa shape index (κ3) is 9.34. The Balaban J connectivity index is 1.35. The summed E-state index contributed by atoms with van der Waals surface area (Å²) in [6.07, 6.45) is 4.30. The summed E-state index contributed by atoms with van der Waals surface area (Å²) in [6.45, 7) is 3.30. The monoisotopic (exact) mass is 614 g/mol. The van der Waals surface area contributed by atoms with Crippen molar-refractivity contribution < 1.29 is 23.9 Å². The van der Waals surface area contributed by atoms with Gasteiger partial charge in [-0.05, 0) is 35.7 Å². The van der Waals surface area contributed by atoms with Gasteiger partial charge in [0.15, 0.2) is 0 Å². The molecule has 13 nitrogen and oxygen atoms in total. The maximum absolute atomic E-state index is 12.6. The van der Waals surface area contributed by atoms with Crippen molar-refractivity contribution in [2.75, 3.05) is 40.3 Å². The van der Waals surface area contributed by atoms with E-state index in [0.717, 1.165) is 45.9 Å². The number of aldehydes is 1. The molecule has 3 amide bonds. The predicted octanol–water partition coefficient (Wildman–Crippen LogP) is 2.98. The Morgan fingerprint density at radius 1 is 0.844 bits per heavy atom. The zero-order chi connectivity index (χ0) is 32.2. The second-order valence-electron chi connectivity index (χ2n) is 10.4. The van der Waals surface area contributed by atoms with Crippen LogP contribution in [0.25, 0.3) is 33.6 Å². The van der Waals surface area contributed by atoms with Gasteiger partial charge in [-0.1, -0.05) is 55.5 Å². The van der Waals surface area contributed by atoms with Crippen LogP contribution in [-0.4, -0.2) is 94.3 Å². The van der Waals surface area contributed by atoms with Crippen LogP contribution >= 0.6 is 0 Å². The number of benzene rings is 2. The third-order valence-corrected chi connectivity index (χ3v) is 6.95. The number of aromatic nitrogens is 4. The smallest absolute Gasteiger partial charge is 0.407 e. The minimum atomic E-state index is -0.649. The van der Waals surface area contributed by atoms with E-state index in [-0.39, 0.29) is 31.4 Å². The molecule has 0 aliphatic heterocycles. The third-order valence-electron chi connectivity index (χ3n) is 6.95. The highest BCUT2D eigenvalue weighted by Gasteiger charge is 2.16. The molecule has 0 saturated carbocycles. The molecule has 0 aliphatic carbocycles. The topological polar surface area (TPSA) is 165 Å². The van der Waals surface area contributed by atoms with Crippen LogP contribution in [0.4, 0.5) is 4.79 Å². The fourth-order valence-electron chi connectivity index (χ4n) is 4.71. The first kappa shape index (κ1) is 32.6. The highest BCUT2D eigenvalue weighted by atomic mass is 16.5. The van der Waals surface area contributed by atoms with E-state index in [2.05, 4.69) is 47.4 Å². The Labute approximate surface area is 261 Å². The maximum atomic E-state index is 12.6. The fourth-order valence-corrected chi connectivity index (χ4v) is 4.71. The molecule has 0 aliphatic rings. The van der Waals surface area contributed by atoms with Gasteiger partial charge in [-0.25, -0.2) is 14.8 Å². The molecule has 0 atom stereocenters. The van der Waals surface area contributed by atoms with E-state index < -0.39 is 6.09 Å². The molecule has 0 spiro atoms. The molecule has 0 bridgehead atoms. The van der Waals surface area contributed by atoms with Gasteiger partial charge in [-0.2, -0.15) is 0 Å². The number of nitrogens with zero attached hydrogens (tertiary/aromatic N) is 4. The van der Waals surface area contributed by atoms with Crippen molar-refractivity contribution in [1.82, 2.24) is 40.4 Å². The molecule has 0 radical (unpaired) electrons. The zero-order valence-corrected chi connectivity index (χ0v) is 25.6. The Morgan fingerprint density at radius 3 is 1.89 bits per heavy atom. The highest BCUT2D eigenvalue weighted by Crippen LogP contribution is 2.27. The van der Waals surface area contributed by atoms with Gasteiger partial charge in [0, 0.05) is 6.54 Å². The lowest BCUT2D eigenvalue weighted by Gasteiger charge is -2.21. The Morgan fingerprint density at radius 2 is 1.38 bits per heavy atom. The van der Waals surface area contributed by atoms with E-state index >= 15 is 0 Å². The summed E-state index contributed by atoms with van der Waals surface area (Å²) in [5.74, 6) is 0.949. The van der Waals surface area contributed by atoms with Crippen molar-refractivity contribution in [1.29, 1.82) is 0 Å². The molecule has 2 aromatic carbocycles. The van der Waals surface area contributed by atoms with Gasteiger partial charge in [-0.3, -0.25) is 14.5 Å². The average molecular weight is 615 g/mol. The summed E-state index contributed by atoms with van der Waals surface area (Å²) in [5, 5.41) is 4.95. The SMILES string of the molecule is CCCN(Cc1ncc(-c2ccc(-c3ccc(-c4cnc(CN(C)CC(=O)NCC=O)[nH]4)cc3)cc2)[nH]1)C(=O)CNC(=O)OC. The second-order valence-corrected chi connectivity index (χ2v) is 10.4. The highest BCUT2D eigenvalue weighted by molar-refractivity contribution is 5.82. The zero-order valence-electron chi connectivity index (χ0n) is 25.6. The summed E-state index contributed by atoms with van der Waals surface area (Å²) in [4.78, 5) is 65.1. The van der Waals surface area contributed by atoms with Crippen molar-refractivity contribution in [3.63, 3.8) is 0 Å². The quantitative estimate of drug-likeness (QED) is 0.148. The summed E-state index contributed by atoms with van der Waals surface area (Å²) < 4.78 is 4.54. The van der Waals surface area contributed by atoms with Gasteiger partial charge in [0.1, 0.15) is 24.5 Å². The van der Waals surface area contributed by atoms with E-state index in [0.29, 0.717) is 31.7 Å². The summed E-state index contributed by atoms with van der Waals surface area (Å²) in [6, 6.07) is 16.3. The lowest BCUT2D eigenvalue weighted by molar-refractivity contribution is -0.131. The van der Waals surface area contributed by atoms with E-state index in [1.807, 2.05) is 55.3 Å². The summed E-state index contributed by atoms with van der Waals surface area (Å²) in [7, 11) is 3.07. The standard InChI is InChI=1S/C32H38N8O5/c1-4-14-40(31(43)18-36-32(44)45-3)20-29-35-17-27(38-29)25-11-7-23(8-12-25)22-5-9-24(10-6-22)26-16-34-28(37-26)19-39(2)21-30(42)33-13-15-41/h5-12,15-17H,4,13-14,18-21H2,1-3H3,(H,33,42)(H,34,37)(H,35,38)(H,36,44). The number of carbonyl (C=O) groups excluding carboxylic acids is 4. The molecule has 236 valence electrons. The minimum absolute atomic E-state index is 0.00609. The molecule has 4 rings (SSSR count). The van der Waals surface area contributed by atoms with Crippen LogP contribution in [0.3, 0.4) is 0 Å². The molecule has 2 heterocycles. The van der Waals surface area contributed by atoms with Gasteiger partial charge in [-0.15, -0.1) is 0 Å². The molecule has 4 aromatic rings. The summed E-state index contributed by atoms with van der Waals surface area (Å²) in [5.41, 5.74) is 5.78. The Kier molecular flexibility index (Phi) is 11.6. The average Bonchev–Trinajstić information content (AvgIpc) is 3.72. The van der Waals surface area contributed by atoms with Crippen molar-refractivity contribution in [3.05, 3.63) is 72.6 Å². The van der Waals surface area contributed by atoms with Crippen molar-refractivity contribution >= 4 is 24.2 Å². The Hall–Kier alpha value is -5.30. The number of carbonyl (C=O) groups is 4. The first-order valence-corrected chi connectivity index (χ1v) is 14.6. The number of hydrogen-bond acceptors (Lipinski definition) is 8. The lowest BCUT2D eigenvalue weighted by atomic mass is 10.0. The largest absolute Gasteiger partial charge is 0.453 e. The molecule has 2 aromatic heterocycles. The second kappa shape index (κ2) is 16.0. The number of amides is 3. The van der Waals surface area contributed by atoms with Crippen molar-refractivity contribution in [2.24, 2.45) is 0 Å². The van der Waals surface area contributed by atoms with Gasteiger partial charge >= 0.3 is 6.09 Å². The van der Waals surface area contributed by atoms with E-state index in [1.54, 1.807) is 17.3 Å². The predicted molar refractivity (Wildman–Crippen MR) is 169 cm³/mol. The number of methoxy groups -OCH3 is 1. The molecule has 45 heavy (non-hydrogen) atoms. The van der Waals surface area contributed by atoms with E-state index in [4.69, 9.17) is 0 Å². The number of nitrogens with one attached hydrogen (secondary N) is 4. The molecule has 0 unspecified atom stereocenters. The molecular weight excluding hydrogens is 576 g/mol. The molecule has 4 N–H and O–H groups in total. The van der Waals surface area contributed by atoms with E-state index in [1.165, 1.54) is 7.11 Å². The number of hydrogen-bond donors (Lipinski definition) is 4. The number of aromatic amines is 2. The normalized spacial score (nSPS) is 10.8. The van der Waals surface area contributed by atoms with Crippen LogP contribution in [0, 0.1) is 0 Å². The van der Waals surface area contributed by atoms with E-state index in [9.17, 15) is 19.2 Å². The minimum Gasteiger partial charge on any atom is -0.453 e. The van der Waals surface area contributed by atoms with Crippen LogP contribution in [0.5, 0.6) is 0 Å². The maximum Gasteiger partial charge on any atom is 0.407 e. The van der Waals surface area contributed by atoms with Gasteiger partial charge in [0.05, 0.1) is 57.1 Å². The van der Waals surface area contributed by atoms with Crippen LogP contribution in [0.15, 0.2) is 60.9 Å². The number of rotatable bonds is 15. The number of imidazole rings is 2.